The lowest BCUT2D eigenvalue weighted by atomic mass is 9.89. The first-order chi connectivity index (χ1) is 23.8. The third-order valence-electron chi connectivity index (χ3n) is 10.5. The fourth-order valence-corrected chi connectivity index (χ4v) is 7.15. The molecule has 2 saturated heterocycles. The molecular formula is C38H59N3O9. The van der Waals surface area contributed by atoms with Crippen molar-refractivity contribution in [1.29, 1.82) is 0 Å². The average molecular weight is 702 g/mol. The van der Waals surface area contributed by atoms with Gasteiger partial charge in [0.2, 0.25) is 0 Å². The molecule has 3 heterocycles. The van der Waals surface area contributed by atoms with Gasteiger partial charge in [-0.1, -0.05) is 63.8 Å². The van der Waals surface area contributed by atoms with Crippen molar-refractivity contribution in [3.63, 3.8) is 0 Å². The van der Waals surface area contributed by atoms with Gasteiger partial charge in [-0.2, -0.15) is 0 Å². The molecule has 4 aliphatic rings. The van der Waals surface area contributed by atoms with Gasteiger partial charge in [-0.05, 0) is 51.2 Å². The summed E-state index contributed by atoms with van der Waals surface area (Å²) in [6.07, 6.45) is 13.2. The third kappa shape index (κ3) is 11.9. The summed E-state index contributed by atoms with van der Waals surface area (Å²) in [5.41, 5.74) is -0.740. The lowest BCUT2D eigenvalue weighted by Crippen LogP contribution is -2.53. The normalized spacial score (nSPS) is 31.4. The van der Waals surface area contributed by atoms with Crippen molar-refractivity contribution >= 4 is 23.9 Å². The minimum atomic E-state index is -1.48. The molecule has 2 amide bonds. The first-order valence-electron chi connectivity index (χ1n) is 18.6. The van der Waals surface area contributed by atoms with Gasteiger partial charge in [-0.25, -0.2) is 9.59 Å². The largest absolute Gasteiger partial charge is 0.457 e. The molecule has 0 radical (unpaired) electrons. The van der Waals surface area contributed by atoms with Crippen molar-refractivity contribution < 1.29 is 43.6 Å². The Kier molecular flexibility index (Phi) is 14.9. The van der Waals surface area contributed by atoms with E-state index in [1.807, 2.05) is 39.0 Å². The highest BCUT2D eigenvalue weighted by Crippen LogP contribution is 2.28. The summed E-state index contributed by atoms with van der Waals surface area (Å²) in [6, 6.07) is 0.579. The number of carbonyl (C=O) groups excluding carboxylic acids is 4. The Morgan fingerprint density at radius 1 is 1.02 bits per heavy atom. The van der Waals surface area contributed by atoms with Gasteiger partial charge in [0.05, 0.1) is 25.7 Å². The van der Waals surface area contributed by atoms with Crippen LogP contribution in [0.1, 0.15) is 91.9 Å². The fourth-order valence-electron chi connectivity index (χ4n) is 7.15. The molecule has 0 bridgehead atoms. The van der Waals surface area contributed by atoms with Crippen LogP contribution in [0.15, 0.2) is 36.0 Å². The van der Waals surface area contributed by atoms with Crippen molar-refractivity contribution in [2.75, 3.05) is 45.9 Å². The Balaban J connectivity index is 1.39. The summed E-state index contributed by atoms with van der Waals surface area (Å²) in [6.45, 7) is 10.6. The van der Waals surface area contributed by atoms with Crippen LogP contribution in [0.3, 0.4) is 0 Å². The van der Waals surface area contributed by atoms with E-state index in [1.165, 1.54) is 43.4 Å². The molecule has 0 aromatic heterocycles. The van der Waals surface area contributed by atoms with Gasteiger partial charge >= 0.3 is 18.2 Å². The van der Waals surface area contributed by atoms with Crippen LogP contribution >= 0.6 is 0 Å². The number of aliphatic hydroxyl groups is 2. The number of rotatable bonds is 7. The highest BCUT2D eigenvalue weighted by Gasteiger charge is 2.37. The molecule has 12 heteroatoms. The van der Waals surface area contributed by atoms with Crippen LogP contribution in [0.5, 0.6) is 0 Å². The third-order valence-corrected chi connectivity index (χ3v) is 10.5. The van der Waals surface area contributed by atoms with Crippen molar-refractivity contribution in [1.82, 2.24) is 14.7 Å². The monoisotopic (exact) mass is 701 g/mol. The van der Waals surface area contributed by atoms with Gasteiger partial charge in [0.1, 0.15) is 11.7 Å². The second-order valence-electron chi connectivity index (χ2n) is 14.9. The average Bonchev–Trinajstić information content (AvgIpc) is 3.34. The summed E-state index contributed by atoms with van der Waals surface area (Å²) >= 11 is 0. The summed E-state index contributed by atoms with van der Waals surface area (Å²) in [5.74, 6) is -0.990. The number of nitrogens with zero attached hydrogens (tertiary/aromatic N) is 3. The lowest BCUT2D eigenvalue weighted by Gasteiger charge is -2.40. The predicted molar refractivity (Wildman–Crippen MR) is 188 cm³/mol. The summed E-state index contributed by atoms with van der Waals surface area (Å²) in [7, 11) is 0. The second kappa shape index (κ2) is 18.9. The maximum Gasteiger partial charge on any atom is 0.410 e. The number of ketones is 1. The quantitative estimate of drug-likeness (QED) is 0.125. The molecule has 12 nitrogen and oxygen atoms in total. The van der Waals surface area contributed by atoms with Crippen LogP contribution in [0.2, 0.25) is 0 Å². The number of hydrogen-bond acceptors (Lipinski definition) is 10. The van der Waals surface area contributed by atoms with Crippen molar-refractivity contribution in [3.8, 4) is 0 Å². The van der Waals surface area contributed by atoms with Crippen molar-refractivity contribution in [3.05, 3.63) is 36.0 Å². The van der Waals surface area contributed by atoms with Gasteiger partial charge in [-0.15, -0.1) is 0 Å². The number of likely N-dealkylation sites (tertiary alicyclic amines) is 1. The standard InChI is InChI=1S/C38H59N3O9/c1-27(26-48-36(45)41-19-17-32(43)25-41)10-9-11-28(2)35-29(3)14-15-33(38(4,47)18-16-31(42)24-34(44)50-35)49-37(46)40-22-20-39(21-23-40)30-12-7-5-6-8-13-30/h9-11,14-15,27,29-31,33,35,42,47H,5-8,12-13,16-26H2,1-4H3/b10-9+,15-14+,28-11+/t27-,29+,31-,33+,35-,38-/m1/s1. The van der Waals surface area contributed by atoms with Gasteiger partial charge < -0.3 is 34.2 Å². The second-order valence-corrected chi connectivity index (χ2v) is 14.9. The minimum Gasteiger partial charge on any atom is -0.457 e. The molecule has 0 unspecified atom stereocenters. The molecule has 4 rings (SSSR count). The number of esters is 1. The zero-order valence-corrected chi connectivity index (χ0v) is 30.5. The predicted octanol–water partition coefficient (Wildman–Crippen LogP) is 4.78. The van der Waals surface area contributed by atoms with Crippen LogP contribution in [0.4, 0.5) is 9.59 Å². The Labute approximate surface area is 297 Å². The minimum absolute atomic E-state index is 0.0252. The first-order valence-corrected chi connectivity index (χ1v) is 18.6. The van der Waals surface area contributed by atoms with E-state index >= 15 is 0 Å². The SMILES string of the molecule is C/C(=C\C=C\[C@@H](C)COC(=O)N1CCC(=O)C1)[C@H]1OC(=O)C[C@H](O)CC[C@@](C)(O)[C@@H](OC(=O)N2CCN(C3CCCCCC3)CC2)/C=C/[C@@H]1C. The number of allylic oxidation sites excluding steroid dienone is 2. The molecule has 3 fully saturated rings. The molecule has 0 spiro atoms. The van der Waals surface area contributed by atoms with E-state index in [9.17, 15) is 29.4 Å². The van der Waals surface area contributed by atoms with E-state index in [0.717, 1.165) is 18.7 Å². The van der Waals surface area contributed by atoms with Crippen LogP contribution in [-0.4, -0.2) is 125 Å². The highest BCUT2D eigenvalue weighted by atomic mass is 16.6. The van der Waals surface area contributed by atoms with Crippen LogP contribution in [0, 0.1) is 11.8 Å². The van der Waals surface area contributed by atoms with Gasteiger partial charge in [-0.3, -0.25) is 14.5 Å². The van der Waals surface area contributed by atoms with Crippen LogP contribution in [0.25, 0.3) is 0 Å². The molecule has 3 aliphatic heterocycles. The van der Waals surface area contributed by atoms with Crippen LogP contribution in [-0.2, 0) is 23.8 Å². The van der Waals surface area contributed by atoms with E-state index in [2.05, 4.69) is 4.90 Å². The molecule has 2 N–H and O–H groups in total. The van der Waals surface area contributed by atoms with Crippen molar-refractivity contribution in [2.24, 2.45) is 11.8 Å². The lowest BCUT2D eigenvalue weighted by molar-refractivity contribution is -0.151. The first kappa shape index (κ1) is 39.6. The zero-order valence-electron chi connectivity index (χ0n) is 30.5. The number of Topliss-reactive ketones (excluding diaryl/α,β-unsaturated/α-hetero) is 1. The molecule has 280 valence electrons. The van der Waals surface area contributed by atoms with Gasteiger partial charge in [0.25, 0.3) is 0 Å². The number of hydrogen-bond donors (Lipinski definition) is 2. The number of cyclic esters (lactones) is 1. The molecule has 1 aliphatic carbocycles. The van der Waals surface area contributed by atoms with Crippen LogP contribution < -0.4 is 0 Å². The van der Waals surface area contributed by atoms with E-state index in [4.69, 9.17) is 14.2 Å². The van der Waals surface area contributed by atoms with E-state index in [-0.39, 0.29) is 50.0 Å². The Bertz CT molecular complexity index is 1250. The number of carbonyl (C=O) groups is 4. The fraction of sp³-hybridized carbons (Fsp3) is 0.737. The Morgan fingerprint density at radius 2 is 1.72 bits per heavy atom. The summed E-state index contributed by atoms with van der Waals surface area (Å²) < 4.78 is 17.2. The van der Waals surface area contributed by atoms with E-state index in [1.54, 1.807) is 24.0 Å². The van der Waals surface area contributed by atoms with Crippen molar-refractivity contribution in [2.45, 2.75) is 122 Å². The molecule has 50 heavy (non-hydrogen) atoms. The maximum atomic E-state index is 13.4. The molecule has 0 aromatic rings. The molecule has 0 aromatic carbocycles. The topological polar surface area (TPSA) is 146 Å². The number of ether oxygens (including phenoxy) is 3. The van der Waals surface area contributed by atoms with Gasteiger partial charge in [0, 0.05) is 57.0 Å². The molecule has 6 atom stereocenters. The Hall–Kier alpha value is -3.22. The number of aliphatic hydroxyl groups excluding tert-OH is 1. The maximum absolute atomic E-state index is 13.4. The Morgan fingerprint density at radius 3 is 2.38 bits per heavy atom. The van der Waals surface area contributed by atoms with Gasteiger partial charge in [0.15, 0.2) is 11.9 Å². The summed E-state index contributed by atoms with van der Waals surface area (Å²) in [4.78, 5) is 55.6. The zero-order chi connectivity index (χ0) is 36.3. The summed E-state index contributed by atoms with van der Waals surface area (Å²) in [5, 5.41) is 22.2. The highest BCUT2D eigenvalue weighted by molar-refractivity contribution is 5.87. The number of amides is 2. The van der Waals surface area contributed by atoms with E-state index < -0.39 is 42.1 Å². The van der Waals surface area contributed by atoms with E-state index in [0.29, 0.717) is 32.1 Å². The smallest absolute Gasteiger partial charge is 0.410 e. The molecular weight excluding hydrogens is 642 g/mol. The number of piperazine rings is 1. The molecule has 1 saturated carbocycles.